The first-order valence-electron chi connectivity index (χ1n) is 5.85. The average Bonchev–Trinajstić information content (AvgIpc) is 2.89. The zero-order valence-electron chi connectivity index (χ0n) is 10.3. The Morgan fingerprint density at radius 2 is 2.17 bits per heavy atom. The molecule has 0 aliphatic heterocycles. The van der Waals surface area contributed by atoms with Crippen LogP contribution in [0.2, 0.25) is 0 Å². The molecular formula is C14H16FNO2. The summed E-state index contributed by atoms with van der Waals surface area (Å²) in [6.07, 6.45) is 2.44. The number of furan rings is 1. The Bertz CT molecular complexity index is 483. The molecule has 0 aliphatic rings. The molecule has 18 heavy (non-hydrogen) atoms. The van der Waals surface area contributed by atoms with Gasteiger partial charge in [-0.25, -0.2) is 4.39 Å². The second kappa shape index (κ2) is 6.21. The molecule has 0 fully saturated rings. The molecule has 0 amide bonds. The average molecular weight is 249 g/mol. The van der Waals surface area contributed by atoms with E-state index in [1.807, 2.05) is 12.1 Å². The largest absolute Gasteiger partial charge is 0.494 e. The van der Waals surface area contributed by atoms with E-state index in [9.17, 15) is 4.39 Å². The Kier molecular flexibility index (Phi) is 4.36. The fraction of sp³-hybridized carbons (Fsp3) is 0.286. The highest BCUT2D eigenvalue weighted by Gasteiger charge is 2.07. The molecule has 2 rings (SSSR count). The van der Waals surface area contributed by atoms with Crippen LogP contribution in [0, 0.1) is 5.82 Å². The molecule has 0 atom stereocenters. The lowest BCUT2D eigenvalue weighted by Gasteiger charge is -2.08. The van der Waals surface area contributed by atoms with Crippen molar-refractivity contribution >= 4 is 0 Å². The van der Waals surface area contributed by atoms with E-state index in [4.69, 9.17) is 9.15 Å². The first kappa shape index (κ1) is 12.6. The molecule has 0 saturated heterocycles. The predicted octanol–water partition coefficient (Wildman–Crippen LogP) is 2.76. The third-order valence-electron chi connectivity index (χ3n) is 2.71. The lowest BCUT2D eigenvalue weighted by atomic mass is 10.2. The standard InChI is InChI=1S/C14H16FNO2/c1-17-13-6-2-4-11(14(13)15)10-16-8-7-12-5-3-9-18-12/h2-6,9,16H,7-8,10H2,1H3. The Morgan fingerprint density at radius 1 is 1.28 bits per heavy atom. The molecule has 1 aromatic heterocycles. The van der Waals surface area contributed by atoms with Crippen molar-refractivity contribution < 1.29 is 13.5 Å². The third kappa shape index (κ3) is 3.11. The van der Waals surface area contributed by atoms with Gasteiger partial charge in [-0.2, -0.15) is 0 Å². The van der Waals surface area contributed by atoms with Crippen LogP contribution in [0.4, 0.5) is 4.39 Å². The summed E-state index contributed by atoms with van der Waals surface area (Å²) in [6, 6.07) is 8.93. The molecule has 2 aromatic rings. The van der Waals surface area contributed by atoms with Gasteiger partial charge in [-0.1, -0.05) is 12.1 Å². The van der Waals surface area contributed by atoms with Gasteiger partial charge in [0.2, 0.25) is 0 Å². The number of nitrogens with one attached hydrogen (secondary N) is 1. The SMILES string of the molecule is COc1cccc(CNCCc2ccco2)c1F. The van der Waals surface area contributed by atoms with E-state index in [1.165, 1.54) is 7.11 Å². The van der Waals surface area contributed by atoms with Crippen molar-refractivity contribution in [1.29, 1.82) is 0 Å². The van der Waals surface area contributed by atoms with E-state index in [0.29, 0.717) is 12.1 Å². The zero-order chi connectivity index (χ0) is 12.8. The fourth-order valence-corrected chi connectivity index (χ4v) is 1.74. The minimum absolute atomic E-state index is 0.278. The highest BCUT2D eigenvalue weighted by molar-refractivity contribution is 5.30. The summed E-state index contributed by atoms with van der Waals surface area (Å²) in [5.41, 5.74) is 0.605. The maximum atomic E-state index is 13.8. The van der Waals surface area contributed by atoms with Crippen LogP contribution >= 0.6 is 0 Å². The summed E-state index contributed by atoms with van der Waals surface area (Å²) < 4.78 is 23.9. The Labute approximate surface area is 106 Å². The number of benzene rings is 1. The van der Waals surface area contributed by atoms with E-state index >= 15 is 0 Å². The number of hydrogen-bond donors (Lipinski definition) is 1. The predicted molar refractivity (Wildman–Crippen MR) is 67.1 cm³/mol. The van der Waals surface area contributed by atoms with Crippen LogP contribution in [0.5, 0.6) is 5.75 Å². The number of ether oxygens (including phenoxy) is 1. The summed E-state index contributed by atoms with van der Waals surface area (Å²) in [6.45, 7) is 1.22. The second-order valence-electron chi connectivity index (χ2n) is 3.94. The highest BCUT2D eigenvalue weighted by atomic mass is 19.1. The first-order chi connectivity index (χ1) is 8.81. The topological polar surface area (TPSA) is 34.4 Å². The molecule has 1 heterocycles. The van der Waals surface area contributed by atoms with Crippen LogP contribution in [0.15, 0.2) is 41.0 Å². The lowest BCUT2D eigenvalue weighted by molar-refractivity contribution is 0.383. The third-order valence-corrected chi connectivity index (χ3v) is 2.71. The van der Waals surface area contributed by atoms with Crippen LogP contribution in [-0.2, 0) is 13.0 Å². The summed E-state index contributed by atoms with van der Waals surface area (Å²) >= 11 is 0. The van der Waals surface area contributed by atoms with E-state index in [-0.39, 0.29) is 11.6 Å². The summed E-state index contributed by atoms with van der Waals surface area (Å²) in [7, 11) is 1.46. The van der Waals surface area contributed by atoms with Crippen molar-refractivity contribution in [2.45, 2.75) is 13.0 Å². The molecule has 3 nitrogen and oxygen atoms in total. The minimum Gasteiger partial charge on any atom is -0.494 e. The number of halogens is 1. The van der Waals surface area contributed by atoms with Crippen LogP contribution in [0.3, 0.4) is 0 Å². The molecule has 1 N–H and O–H groups in total. The number of hydrogen-bond acceptors (Lipinski definition) is 3. The summed E-state index contributed by atoms with van der Waals surface area (Å²) in [5.74, 6) is 0.902. The fourth-order valence-electron chi connectivity index (χ4n) is 1.74. The molecule has 0 spiro atoms. The number of rotatable bonds is 6. The molecule has 0 bridgehead atoms. The second-order valence-corrected chi connectivity index (χ2v) is 3.94. The van der Waals surface area contributed by atoms with Crippen molar-refractivity contribution in [2.75, 3.05) is 13.7 Å². The van der Waals surface area contributed by atoms with Crippen molar-refractivity contribution in [3.8, 4) is 5.75 Å². The number of methoxy groups -OCH3 is 1. The minimum atomic E-state index is -0.300. The quantitative estimate of drug-likeness (QED) is 0.799. The molecular weight excluding hydrogens is 233 g/mol. The van der Waals surface area contributed by atoms with E-state index in [2.05, 4.69) is 5.32 Å². The first-order valence-corrected chi connectivity index (χ1v) is 5.85. The van der Waals surface area contributed by atoms with Crippen molar-refractivity contribution in [3.63, 3.8) is 0 Å². The molecule has 0 unspecified atom stereocenters. The van der Waals surface area contributed by atoms with Crippen LogP contribution in [-0.4, -0.2) is 13.7 Å². The molecule has 4 heteroatoms. The Hall–Kier alpha value is -1.81. The molecule has 0 aliphatic carbocycles. The van der Waals surface area contributed by atoms with Crippen molar-refractivity contribution in [2.24, 2.45) is 0 Å². The van der Waals surface area contributed by atoms with Crippen LogP contribution in [0.1, 0.15) is 11.3 Å². The van der Waals surface area contributed by atoms with Crippen molar-refractivity contribution in [1.82, 2.24) is 5.32 Å². The Balaban J connectivity index is 1.83. The van der Waals surface area contributed by atoms with Gasteiger partial charge in [0.25, 0.3) is 0 Å². The van der Waals surface area contributed by atoms with Crippen molar-refractivity contribution in [3.05, 3.63) is 53.7 Å². The smallest absolute Gasteiger partial charge is 0.169 e. The van der Waals surface area contributed by atoms with Gasteiger partial charge in [-0.05, 0) is 18.2 Å². The Morgan fingerprint density at radius 3 is 2.89 bits per heavy atom. The van der Waals surface area contributed by atoms with E-state index in [0.717, 1.165) is 18.7 Å². The molecule has 1 aromatic carbocycles. The van der Waals surface area contributed by atoms with Gasteiger partial charge in [-0.3, -0.25) is 0 Å². The van der Waals surface area contributed by atoms with Gasteiger partial charge in [0.05, 0.1) is 13.4 Å². The maximum absolute atomic E-state index is 13.8. The van der Waals surface area contributed by atoms with Crippen LogP contribution < -0.4 is 10.1 Å². The zero-order valence-corrected chi connectivity index (χ0v) is 10.3. The van der Waals surface area contributed by atoms with Gasteiger partial charge in [0.1, 0.15) is 5.76 Å². The maximum Gasteiger partial charge on any atom is 0.169 e. The van der Waals surface area contributed by atoms with Gasteiger partial charge >= 0.3 is 0 Å². The van der Waals surface area contributed by atoms with Gasteiger partial charge in [0.15, 0.2) is 11.6 Å². The summed E-state index contributed by atoms with van der Waals surface area (Å²) in [4.78, 5) is 0. The highest BCUT2D eigenvalue weighted by Crippen LogP contribution is 2.19. The molecule has 0 radical (unpaired) electrons. The van der Waals surface area contributed by atoms with Crippen LogP contribution in [0.25, 0.3) is 0 Å². The van der Waals surface area contributed by atoms with Gasteiger partial charge in [-0.15, -0.1) is 0 Å². The van der Waals surface area contributed by atoms with Gasteiger partial charge < -0.3 is 14.5 Å². The monoisotopic (exact) mass is 249 g/mol. The molecule has 96 valence electrons. The lowest BCUT2D eigenvalue weighted by Crippen LogP contribution is -2.17. The van der Waals surface area contributed by atoms with E-state index < -0.39 is 0 Å². The normalized spacial score (nSPS) is 10.6. The molecule has 0 saturated carbocycles. The van der Waals surface area contributed by atoms with E-state index in [1.54, 1.807) is 24.5 Å². The van der Waals surface area contributed by atoms with Gasteiger partial charge in [0, 0.05) is 25.1 Å². The summed E-state index contributed by atoms with van der Waals surface area (Å²) in [5, 5.41) is 3.18.